The number of thiazole rings is 1. The quantitative estimate of drug-likeness (QED) is 0.622. The molecule has 4 heterocycles. The van der Waals surface area contributed by atoms with E-state index in [4.69, 9.17) is 9.72 Å². The largest absolute Gasteiger partial charge is 0.470 e. The van der Waals surface area contributed by atoms with Crippen molar-refractivity contribution in [1.29, 1.82) is 0 Å². The maximum Gasteiger partial charge on any atom is 0.407 e. The van der Waals surface area contributed by atoms with E-state index in [1.807, 2.05) is 38.6 Å². The molecule has 1 amide bonds. The van der Waals surface area contributed by atoms with Crippen molar-refractivity contribution >= 4 is 28.6 Å². The molecule has 9 nitrogen and oxygen atoms in total. The minimum atomic E-state index is -0.927. The minimum absolute atomic E-state index is 0.0396. The van der Waals surface area contributed by atoms with Crippen LogP contribution in [0.5, 0.6) is 5.88 Å². The van der Waals surface area contributed by atoms with Crippen LogP contribution in [0.15, 0.2) is 12.5 Å². The van der Waals surface area contributed by atoms with Crippen LogP contribution in [0.2, 0.25) is 0 Å². The number of rotatable bonds is 3. The molecule has 0 saturated carbocycles. The van der Waals surface area contributed by atoms with Crippen LogP contribution >= 0.6 is 11.3 Å². The molecule has 3 aromatic rings. The topological polar surface area (TPSA) is 106 Å². The van der Waals surface area contributed by atoms with Crippen molar-refractivity contribution < 1.29 is 14.6 Å². The molecule has 4 rings (SSSR count). The molecule has 3 aromatic heterocycles. The zero-order valence-corrected chi connectivity index (χ0v) is 20.4. The Morgan fingerprint density at radius 1 is 1.19 bits per heavy atom. The van der Waals surface area contributed by atoms with Crippen LogP contribution in [0, 0.1) is 5.41 Å². The lowest BCUT2D eigenvalue weighted by molar-refractivity contribution is 0.0558. The average molecular weight is 459 g/mol. The molecule has 0 spiro atoms. The molecule has 2 unspecified atom stereocenters. The van der Waals surface area contributed by atoms with Crippen molar-refractivity contribution in [2.75, 3.05) is 6.54 Å². The van der Waals surface area contributed by atoms with E-state index >= 15 is 0 Å². The van der Waals surface area contributed by atoms with E-state index < -0.39 is 6.09 Å². The molecule has 1 saturated heterocycles. The molecule has 1 aliphatic heterocycles. The van der Waals surface area contributed by atoms with Gasteiger partial charge in [0.15, 0.2) is 17.0 Å². The fourth-order valence-electron chi connectivity index (χ4n) is 4.28. The summed E-state index contributed by atoms with van der Waals surface area (Å²) in [5.41, 5.74) is 0.905. The van der Waals surface area contributed by atoms with E-state index in [9.17, 15) is 9.90 Å². The van der Waals surface area contributed by atoms with Crippen molar-refractivity contribution in [3.63, 3.8) is 0 Å². The third-order valence-corrected chi connectivity index (χ3v) is 7.15. The molecule has 2 atom stereocenters. The van der Waals surface area contributed by atoms with Crippen molar-refractivity contribution in [3.8, 4) is 16.6 Å². The van der Waals surface area contributed by atoms with Gasteiger partial charge in [-0.25, -0.2) is 19.7 Å². The lowest BCUT2D eigenvalue weighted by atomic mass is 9.84. The van der Waals surface area contributed by atoms with Gasteiger partial charge in [-0.3, -0.25) is 0 Å². The number of fused-ring (bicyclic) bond motifs is 1. The Hall–Kier alpha value is -2.75. The molecule has 10 heteroatoms. The highest BCUT2D eigenvalue weighted by Crippen LogP contribution is 2.37. The van der Waals surface area contributed by atoms with Crippen LogP contribution in [0.3, 0.4) is 0 Å². The SMILES string of the molecule is Cn1c(-c2cnc(C(C)(C)C)s2)nc2c(OC3CCN(C(=O)O)C3C(C)(C)C)ncnc21. The molecule has 172 valence electrons. The lowest BCUT2D eigenvalue weighted by Crippen LogP contribution is -2.48. The van der Waals surface area contributed by atoms with Gasteiger partial charge in [-0.2, -0.15) is 4.98 Å². The highest BCUT2D eigenvalue weighted by atomic mass is 32.1. The number of hydrogen-bond donors (Lipinski definition) is 1. The van der Waals surface area contributed by atoms with Gasteiger partial charge in [-0.1, -0.05) is 41.5 Å². The summed E-state index contributed by atoms with van der Waals surface area (Å²) in [6.45, 7) is 12.9. The fraction of sp³-hybridized carbons (Fsp3) is 0.591. The summed E-state index contributed by atoms with van der Waals surface area (Å²) in [4.78, 5) is 32.4. The summed E-state index contributed by atoms with van der Waals surface area (Å²) in [5.74, 6) is 1.13. The van der Waals surface area contributed by atoms with E-state index in [-0.39, 0.29) is 23.0 Å². The number of likely N-dealkylation sites (tertiary alicyclic amines) is 1. The van der Waals surface area contributed by atoms with Gasteiger partial charge in [0.2, 0.25) is 5.88 Å². The second kappa shape index (κ2) is 7.68. The van der Waals surface area contributed by atoms with Gasteiger partial charge in [-0.15, -0.1) is 11.3 Å². The number of hydrogen-bond acceptors (Lipinski definition) is 7. The standard InChI is InChI=1S/C22H30N6O3S/c1-21(2,3)15-12(8-9-28(15)20(29)30)31-18-14-17(24-11-25-18)27(7)16(26-14)13-10-23-19(32-13)22(4,5)6/h10-12,15H,8-9H2,1-7H3,(H,29,30). The molecule has 1 N–H and O–H groups in total. The van der Waals surface area contributed by atoms with Crippen LogP contribution in [0.25, 0.3) is 21.9 Å². The summed E-state index contributed by atoms with van der Waals surface area (Å²) in [6.07, 6.45) is 2.67. The number of ether oxygens (including phenoxy) is 1. The Balaban J connectivity index is 1.71. The van der Waals surface area contributed by atoms with Crippen LogP contribution in [0.4, 0.5) is 4.79 Å². The molecule has 0 aliphatic carbocycles. The van der Waals surface area contributed by atoms with E-state index in [1.54, 1.807) is 11.3 Å². The number of amides is 1. The molecule has 1 fully saturated rings. The first-order chi connectivity index (χ1) is 14.9. The molecular weight excluding hydrogens is 428 g/mol. The van der Waals surface area contributed by atoms with E-state index in [0.717, 1.165) is 15.7 Å². The second-order valence-electron chi connectivity index (χ2n) is 10.4. The summed E-state index contributed by atoms with van der Waals surface area (Å²) in [7, 11) is 1.91. The van der Waals surface area contributed by atoms with E-state index in [1.165, 1.54) is 11.2 Å². The van der Waals surface area contributed by atoms with Crippen LogP contribution in [0.1, 0.15) is 53.0 Å². The van der Waals surface area contributed by atoms with Gasteiger partial charge >= 0.3 is 6.09 Å². The first-order valence-electron chi connectivity index (χ1n) is 10.7. The Bertz CT molecular complexity index is 1160. The Morgan fingerprint density at radius 3 is 2.50 bits per heavy atom. The van der Waals surface area contributed by atoms with Crippen molar-refractivity contribution in [1.82, 2.24) is 29.4 Å². The monoisotopic (exact) mass is 458 g/mol. The lowest BCUT2D eigenvalue weighted by Gasteiger charge is -2.36. The van der Waals surface area contributed by atoms with Gasteiger partial charge in [0.05, 0.1) is 15.9 Å². The van der Waals surface area contributed by atoms with Crippen LogP contribution < -0.4 is 4.74 Å². The molecule has 0 aromatic carbocycles. The van der Waals surface area contributed by atoms with Gasteiger partial charge in [0, 0.05) is 31.6 Å². The third kappa shape index (κ3) is 3.92. The molecule has 1 aliphatic rings. The maximum atomic E-state index is 11.8. The fourth-order valence-corrected chi connectivity index (χ4v) is 5.28. The summed E-state index contributed by atoms with van der Waals surface area (Å²) in [6, 6.07) is -0.288. The number of carboxylic acid groups (broad SMARTS) is 1. The van der Waals surface area contributed by atoms with Crippen molar-refractivity contribution in [2.45, 2.75) is 65.5 Å². The van der Waals surface area contributed by atoms with Gasteiger partial charge in [0.1, 0.15) is 12.4 Å². The molecule has 0 radical (unpaired) electrons. The highest BCUT2D eigenvalue weighted by Gasteiger charge is 2.46. The highest BCUT2D eigenvalue weighted by molar-refractivity contribution is 7.15. The Labute approximate surface area is 191 Å². The minimum Gasteiger partial charge on any atom is -0.470 e. The number of aromatic nitrogens is 5. The summed E-state index contributed by atoms with van der Waals surface area (Å²) >= 11 is 1.61. The zero-order valence-electron chi connectivity index (χ0n) is 19.6. The Kier molecular flexibility index (Phi) is 5.39. The maximum absolute atomic E-state index is 11.8. The smallest absolute Gasteiger partial charge is 0.407 e. The van der Waals surface area contributed by atoms with Gasteiger partial charge in [-0.05, 0) is 5.41 Å². The van der Waals surface area contributed by atoms with E-state index in [0.29, 0.717) is 30.0 Å². The zero-order chi connectivity index (χ0) is 23.4. The predicted octanol–water partition coefficient (Wildman–Crippen LogP) is 4.33. The Morgan fingerprint density at radius 2 is 1.91 bits per heavy atom. The normalized spacial score (nSPS) is 19.7. The third-order valence-electron chi connectivity index (χ3n) is 5.73. The van der Waals surface area contributed by atoms with E-state index in [2.05, 4.69) is 35.7 Å². The predicted molar refractivity (Wildman–Crippen MR) is 123 cm³/mol. The molecule has 0 bridgehead atoms. The number of nitrogens with zero attached hydrogens (tertiary/aromatic N) is 6. The van der Waals surface area contributed by atoms with Crippen LogP contribution in [-0.4, -0.2) is 59.3 Å². The first-order valence-corrected chi connectivity index (χ1v) is 11.5. The van der Waals surface area contributed by atoms with Crippen molar-refractivity contribution in [2.24, 2.45) is 12.5 Å². The summed E-state index contributed by atoms with van der Waals surface area (Å²) in [5, 5.41) is 10.7. The number of aryl methyl sites for hydroxylation is 1. The number of imidazole rings is 1. The molecule has 32 heavy (non-hydrogen) atoms. The van der Waals surface area contributed by atoms with Crippen LogP contribution in [-0.2, 0) is 12.5 Å². The second-order valence-corrected chi connectivity index (χ2v) is 11.4. The summed E-state index contributed by atoms with van der Waals surface area (Å²) < 4.78 is 8.25. The molecular formula is C22H30N6O3S. The van der Waals surface area contributed by atoms with Crippen molar-refractivity contribution in [3.05, 3.63) is 17.5 Å². The number of carbonyl (C=O) groups is 1. The van der Waals surface area contributed by atoms with Gasteiger partial charge in [0.25, 0.3) is 0 Å². The average Bonchev–Trinajstić information content (AvgIpc) is 3.38. The first kappa shape index (κ1) is 22.4. The van der Waals surface area contributed by atoms with Gasteiger partial charge < -0.3 is 19.3 Å².